The maximum Gasteiger partial charge on any atom is 0.127 e. The second kappa shape index (κ2) is 7.01. The number of halogens is 1. The van der Waals surface area contributed by atoms with Crippen LogP contribution in [0.1, 0.15) is 31.2 Å². The van der Waals surface area contributed by atoms with E-state index in [0.29, 0.717) is 18.4 Å². The van der Waals surface area contributed by atoms with Crippen LogP contribution in [0, 0.1) is 17.7 Å². The Labute approximate surface area is 115 Å². The Morgan fingerprint density at radius 2 is 1.89 bits per heavy atom. The van der Waals surface area contributed by atoms with Crippen LogP contribution in [0.25, 0.3) is 0 Å². The van der Waals surface area contributed by atoms with Crippen LogP contribution >= 0.6 is 0 Å². The van der Waals surface area contributed by atoms with Crippen LogP contribution < -0.4 is 5.73 Å². The van der Waals surface area contributed by atoms with E-state index < -0.39 is 0 Å². The lowest BCUT2D eigenvalue weighted by Gasteiger charge is -2.33. The van der Waals surface area contributed by atoms with Gasteiger partial charge in [0.1, 0.15) is 5.82 Å². The molecule has 1 aliphatic carbocycles. The molecule has 1 aliphatic rings. The normalized spacial score (nSPS) is 23.8. The molecule has 0 heterocycles. The van der Waals surface area contributed by atoms with Crippen molar-refractivity contribution in [3.05, 3.63) is 35.6 Å². The monoisotopic (exact) mass is 264 g/mol. The minimum atomic E-state index is -0.103. The molecule has 2 nitrogen and oxygen atoms in total. The van der Waals surface area contributed by atoms with Crippen molar-refractivity contribution in [2.75, 3.05) is 20.1 Å². The molecule has 1 aromatic carbocycles. The van der Waals surface area contributed by atoms with Gasteiger partial charge >= 0.3 is 0 Å². The average molecular weight is 264 g/mol. The highest BCUT2D eigenvalue weighted by atomic mass is 19.1. The third-order valence-corrected chi connectivity index (χ3v) is 4.31. The summed E-state index contributed by atoms with van der Waals surface area (Å²) in [4.78, 5) is 2.23. The first-order valence-electron chi connectivity index (χ1n) is 7.32. The van der Waals surface area contributed by atoms with Gasteiger partial charge in [-0.2, -0.15) is 0 Å². The smallest absolute Gasteiger partial charge is 0.127 e. The molecule has 0 aliphatic heterocycles. The van der Waals surface area contributed by atoms with E-state index >= 15 is 0 Å². The molecular formula is C16H25FN2. The van der Waals surface area contributed by atoms with E-state index in [0.717, 1.165) is 18.7 Å². The van der Waals surface area contributed by atoms with Crippen molar-refractivity contribution in [2.24, 2.45) is 17.6 Å². The molecule has 0 radical (unpaired) electrons. The molecule has 2 unspecified atom stereocenters. The van der Waals surface area contributed by atoms with E-state index in [1.807, 2.05) is 12.1 Å². The van der Waals surface area contributed by atoms with E-state index in [1.165, 1.54) is 31.7 Å². The fourth-order valence-corrected chi connectivity index (χ4v) is 3.22. The van der Waals surface area contributed by atoms with E-state index in [4.69, 9.17) is 5.73 Å². The van der Waals surface area contributed by atoms with Crippen molar-refractivity contribution < 1.29 is 4.39 Å². The van der Waals surface area contributed by atoms with E-state index in [-0.39, 0.29) is 5.82 Å². The summed E-state index contributed by atoms with van der Waals surface area (Å²) in [7, 11) is 2.08. The predicted octanol–water partition coefficient (Wildman–Crippen LogP) is 3.02. The van der Waals surface area contributed by atoms with Crippen molar-refractivity contribution in [1.29, 1.82) is 0 Å². The van der Waals surface area contributed by atoms with Crippen LogP contribution in [-0.2, 0) is 6.54 Å². The van der Waals surface area contributed by atoms with Crippen molar-refractivity contribution >= 4 is 0 Å². The van der Waals surface area contributed by atoms with Gasteiger partial charge in [0, 0.05) is 18.7 Å². The van der Waals surface area contributed by atoms with E-state index in [9.17, 15) is 4.39 Å². The molecule has 2 rings (SSSR count). The minimum absolute atomic E-state index is 0.103. The molecule has 1 aromatic rings. The van der Waals surface area contributed by atoms with E-state index in [1.54, 1.807) is 6.07 Å². The van der Waals surface area contributed by atoms with Gasteiger partial charge in [-0.1, -0.05) is 31.0 Å². The van der Waals surface area contributed by atoms with Gasteiger partial charge in [-0.15, -0.1) is 0 Å². The quantitative estimate of drug-likeness (QED) is 0.885. The largest absolute Gasteiger partial charge is 0.330 e. The zero-order chi connectivity index (χ0) is 13.7. The van der Waals surface area contributed by atoms with Crippen molar-refractivity contribution in [2.45, 2.75) is 32.2 Å². The van der Waals surface area contributed by atoms with Crippen LogP contribution in [0.3, 0.4) is 0 Å². The maximum atomic E-state index is 13.6. The lowest BCUT2D eigenvalue weighted by molar-refractivity contribution is 0.169. The Morgan fingerprint density at radius 1 is 1.21 bits per heavy atom. The lowest BCUT2D eigenvalue weighted by Crippen LogP contribution is -2.35. The van der Waals surface area contributed by atoms with Gasteiger partial charge < -0.3 is 10.6 Å². The molecule has 0 saturated heterocycles. The molecule has 106 valence electrons. The van der Waals surface area contributed by atoms with Gasteiger partial charge in [0.25, 0.3) is 0 Å². The molecule has 3 heteroatoms. The van der Waals surface area contributed by atoms with Gasteiger partial charge in [-0.3, -0.25) is 0 Å². The van der Waals surface area contributed by atoms with Crippen LogP contribution in [0.15, 0.2) is 24.3 Å². The van der Waals surface area contributed by atoms with Crippen molar-refractivity contribution in [1.82, 2.24) is 4.90 Å². The number of nitrogens with two attached hydrogens (primary N) is 1. The van der Waals surface area contributed by atoms with Gasteiger partial charge in [0.2, 0.25) is 0 Å². The summed E-state index contributed by atoms with van der Waals surface area (Å²) >= 11 is 0. The van der Waals surface area contributed by atoms with Gasteiger partial charge in [-0.05, 0) is 44.3 Å². The topological polar surface area (TPSA) is 29.3 Å². The fraction of sp³-hybridized carbons (Fsp3) is 0.625. The SMILES string of the molecule is CN(Cc1ccccc1F)CC1CCCCC1CN. The van der Waals surface area contributed by atoms with Gasteiger partial charge in [0.15, 0.2) is 0 Å². The predicted molar refractivity (Wildman–Crippen MR) is 77.2 cm³/mol. The zero-order valence-electron chi connectivity index (χ0n) is 11.8. The van der Waals surface area contributed by atoms with Crippen LogP contribution in [0.2, 0.25) is 0 Å². The molecule has 19 heavy (non-hydrogen) atoms. The summed E-state index contributed by atoms with van der Waals surface area (Å²) < 4.78 is 13.6. The third kappa shape index (κ3) is 4.02. The van der Waals surface area contributed by atoms with Gasteiger partial charge in [0.05, 0.1) is 0 Å². The summed E-state index contributed by atoms with van der Waals surface area (Å²) in [6.45, 7) is 2.49. The second-order valence-electron chi connectivity index (χ2n) is 5.83. The second-order valence-corrected chi connectivity index (χ2v) is 5.83. The molecule has 1 saturated carbocycles. The Kier molecular flexibility index (Phi) is 5.34. The number of hydrogen-bond acceptors (Lipinski definition) is 2. The highest BCUT2D eigenvalue weighted by molar-refractivity contribution is 5.16. The van der Waals surface area contributed by atoms with Crippen molar-refractivity contribution in [3.63, 3.8) is 0 Å². The zero-order valence-corrected chi connectivity index (χ0v) is 11.8. The van der Waals surface area contributed by atoms with Crippen LogP contribution in [-0.4, -0.2) is 25.0 Å². The molecule has 2 N–H and O–H groups in total. The molecule has 0 aromatic heterocycles. The Morgan fingerprint density at radius 3 is 2.58 bits per heavy atom. The van der Waals surface area contributed by atoms with Crippen LogP contribution in [0.4, 0.5) is 4.39 Å². The average Bonchev–Trinajstić information content (AvgIpc) is 2.42. The minimum Gasteiger partial charge on any atom is -0.330 e. The highest BCUT2D eigenvalue weighted by Gasteiger charge is 2.25. The number of hydrogen-bond donors (Lipinski definition) is 1. The third-order valence-electron chi connectivity index (χ3n) is 4.31. The van der Waals surface area contributed by atoms with E-state index in [2.05, 4.69) is 11.9 Å². The number of benzene rings is 1. The molecule has 0 bridgehead atoms. The molecular weight excluding hydrogens is 239 g/mol. The summed E-state index contributed by atoms with van der Waals surface area (Å²) in [5.41, 5.74) is 6.65. The Hall–Kier alpha value is -0.930. The fourth-order valence-electron chi connectivity index (χ4n) is 3.22. The number of rotatable bonds is 5. The summed E-state index contributed by atoms with van der Waals surface area (Å²) in [6, 6.07) is 7.04. The highest BCUT2D eigenvalue weighted by Crippen LogP contribution is 2.30. The standard InChI is InChI=1S/C16H25FN2/c1-19(12-15-8-4-5-9-16(15)17)11-14-7-3-2-6-13(14)10-18/h4-5,8-9,13-14H,2-3,6-7,10-12,18H2,1H3. The first kappa shape index (κ1) is 14.5. The maximum absolute atomic E-state index is 13.6. The Balaban J connectivity index is 1.90. The molecule has 2 atom stereocenters. The molecule has 1 fully saturated rings. The summed E-state index contributed by atoms with van der Waals surface area (Å²) in [6.07, 6.45) is 5.16. The Bertz CT molecular complexity index is 394. The molecule has 0 spiro atoms. The van der Waals surface area contributed by atoms with Crippen LogP contribution in [0.5, 0.6) is 0 Å². The molecule has 0 amide bonds. The summed E-state index contributed by atoms with van der Waals surface area (Å²) in [5.74, 6) is 1.22. The summed E-state index contributed by atoms with van der Waals surface area (Å²) in [5, 5.41) is 0. The van der Waals surface area contributed by atoms with Crippen molar-refractivity contribution in [3.8, 4) is 0 Å². The first-order chi connectivity index (χ1) is 9.20. The van der Waals surface area contributed by atoms with Gasteiger partial charge in [-0.25, -0.2) is 4.39 Å². The lowest BCUT2D eigenvalue weighted by atomic mass is 9.79. The first-order valence-corrected chi connectivity index (χ1v) is 7.32. The number of nitrogens with zero attached hydrogens (tertiary/aromatic N) is 1.